The molecule has 2 aromatic rings. The second-order valence-electron chi connectivity index (χ2n) is 4.88. The first-order chi connectivity index (χ1) is 10.4. The topological polar surface area (TPSA) is 52.6 Å². The molecule has 0 saturated carbocycles. The summed E-state index contributed by atoms with van der Waals surface area (Å²) in [5, 5.41) is 0. The third kappa shape index (κ3) is 3.54. The first-order valence-electron chi connectivity index (χ1n) is 6.65. The number of hydrogen-bond donors (Lipinski definition) is 0. The molecule has 0 unspecified atom stereocenters. The minimum atomic E-state index is -0.552. The van der Waals surface area contributed by atoms with Gasteiger partial charge in [-0.3, -0.25) is 14.6 Å². The Kier molecular flexibility index (Phi) is 4.98. The Bertz CT molecular complexity index is 720. The van der Waals surface area contributed by atoms with Gasteiger partial charge in [0.2, 0.25) is 0 Å². The van der Waals surface area contributed by atoms with Crippen LogP contribution in [0.15, 0.2) is 40.9 Å². The minimum Gasteiger partial charge on any atom is -0.289 e. The zero-order valence-electron chi connectivity index (χ0n) is 12.5. The molecule has 2 rings (SSSR count). The van der Waals surface area contributed by atoms with Gasteiger partial charge >= 0.3 is 5.97 Å². The summed E-state index contributed by atoms with van der Waals surface area (Å²) < 4.78 is 0.906. The molecule has 0 N–H and O–H groups in total. The van der Waals surface area contributed by atoms with Gasteiger partial charge in [-0.25, -0.2) is 4.79 Å². The molecule has 0 saturated heterocycles. The SMILES string of the molecule is CC(=O)OOc1c(C)ccc(C(=O)c2ccc(Br)cc2)c1C. The highest BCUT2D eigenvalue weighted by Gasteiger charge is 2.17. The predicted octanol–water partition coefficient (Wildman–Crippen LogP) is 4.15. The highest BCUT2D eigenvalue weighted by Crippen LogP contribution is 2.28. The van der Waals surface area contributed by atoms with E-state index in [2.05, 4.69) is 20.8 Å². The lowest BCUT2D eigenvalue weighted by Gasteiger charge is -2.12. The summed E-state index contributed by atoms with van der Waals surface area (Å²) in [4.78, 5) is 33.1. The van der Waals surface area contributed by atoms with Crippen LogP contribution in [0.3, 0.4) is 0 Å². The van der Waals surface area contributed by atoms with Crippen LogP contribution < -0.4 is 4.89 Å². The van der Waals surface area contributed by atoms with E-state index in [0.717, 1.165) is 10.0 Å². The largest absolute Gasteiger partial charge is 0.352 e. The van der Waals surface area contributed by atoms with E-state index in [9.17, 15) is 9.59 Å². The fourth-order valence-corrected chi connectivity index (χ4v) is 2.32. The maximum atomic E-state index is 12.6. The van der Waals surface area contributed by atoms with Crippen molar-refractivity contribution in [2.45, 2.75) is 20.8 Å². The van der Waals surface area contributed by atoms with Gasteiger partial charge in [-0.2, -0.15) is 0 Å². The molecule has 0 heterocycles. The summed E-state index contributed by atoms with van der Waals surface area (Å²) in [5.41, 5.74) is 2.50. The number of hydrogen-bond acceptors (Lipinski definition) is 4. The Balaban J connectivity index is 2.39. The van der Waals surface area contributed by atoms with Crippen molar-refractivity contribution in [2.75, 3.05) is 0 Å². The number of benzene rings is 2. The van der Waals surface area contributed by atoms with Crippen LogP contribution in [0.25, 0.3) is 0 Å². The molecule has 0 bridgehead atoms. The standard InChI is InChI=1S/C17H15BrO4/c1-10-4-9-15(11(2)17(10)22-21-12(3)19)16(20)13-5-7-14(18)8-6-13/h4-9H,1-3H3. The highest BCUT2D eigenvalue weighted by atomic mass is 79.9. The van der Waals surface area contributed by atoms with E-state index in [0.29, 0.717) is 22.4 Å². The van der Waals surface area contributed by atoms with Gasteiger partial charge in [0.1, 0.15) is 0 Å². The van der Waals surface area contributed by atoms with Crippen LogP contribution in [0, 0.1) is 13.8 Å². The van der Waals surface area contributed by atoms with Crippen LogP contribution in [0.2, 0.25) is 0 Å². The Morgan fingerprint density at radius 1 is 1.00 bits per heavy atom. The van der Waals surface area contributed by atoms with Gasteiger partial charge in [0.05, 0.1) is 0 Å². The predicted molar refractivity (Wildman–Crippen MR) is 85.9 cm³/mol. The normalized spacial score (nSPS) is 10.2. The van der Waals surface area contributed by atoms with Crippen LogP contribution in [0.5, 0.6) is 5.75 Å². The summed E-state index contributed by atoms with van der Waals surface area (Å²) in [6.07, 6.45) is 0. The molecule has 0 atom stereocenters. The lowest BCUT2D eigenvalue weighted by Crippen LogP contribution is -2.09. The van der Waals surface area contributed by atoms with E-state index in [1.54, 1.807) is 31.2 Å². The van der Waals surface area contributed by atoms with Crippen LogP contribution in [-0.4, -0.2) is 11.8 Å². The van der Waals surface area contributed by atoms with E-state index in [4.69, 9.17) is 4.89 Å². The molecule has 0 fully saturated rings. The lowest BCUT2D eigenvalue weighted by atomic mass is 9.97. The minimum absolute atomic E-state index is 0.113. The molecule has 0 aliphatic heterocycles. The third-order valence-corrected chi connectivity index (χ3v) is 3.72. The number of carbonyl (C=O) groups excluding carboxylic acids is 2. The highest BCUT2D eigenvalue weighted by molar-refractivity contribution is 9.10. The second kappa shape index (κ2) is 6.75. The van der Waals surface area contributed by atoms with Gasteiger partial charge in [0.15, 0.2) is 11.5 Å². The van der Waals surface area contributed by atoms with Crippen molar-refractivity contribution in [3.63, 3.8) is 0 Å². The lowest BCUT2D eigenvalue weighted by molar-refractivity contribution is -0.211. The maximum absolute atomic E-state index is 12.6. The van der Waals surface area contributed by atoms with Crippen LogP contribution in [-0.2, 0) is 9.68 Å². The maximum Gasteiger partial charge on any atom is 0.352 e. The Hall–Kier alpha value is -2.14. The Morgan fingerprint density at radius 2 is 1.64 bits per heavy atom. The van der Waals surface area contributed by atoms with Crippen LogP contribution >= 0.6 is 15.9 Å². The monoisotopic (exact) mass is 362 g/mol. The zero-order chi connectivity index (χ0) is 16.3. The summed E-state index contributed by atoms with van der Waals surface area (Å²) >= 11 is 3.34. The Labute approximate surface area is 137 Å². The van der Waals surface area contributed by atoms with Crippen molar-refractivity contribution in [1.29, 1.82) is 0 Å². The average Bonchev–Trinajstić information content (AvgIpc) is 2.47. The van der Waals surface area contributed by atoms with E-state index in [1.165, 1.54) is 6.92 Å². The molecule has 2 aromatic carbocycles. The summed E-state index contributed by atoms with van der Waals surface area (Å²) in [6, 6.07) is 10.6. The fourth-order valence-electron chi connectivity index (χ4n) is 2.06. The van der Waals surface area contributed by atoms with Crippen molar-refractivity contribution in [2.24, 2.45) is 0 Å². The summed E-state index contributed by atoms with van der Waals surface area (Å²) in [7, 11) is 0. The van der Waals surface area contributed by atoms with Crippen molar-refractivity contribution >= 4 is 27.7 Å². The van der Waals surface area contributed by atoms with E-state index >= 15 is 0 Å². The molecule has 0 radical (unpaired) electrons. The molecule has 0 amide bonds. The van der Waals surface area contributed by atoms with Crippen molar-refractivity contribution in [3.05, 3.63) is 63.1 Å². The van der Waals surface area contributed by atoms with Gasteiger partial charge in [-0.1, -0.05) is 28.1 Å². The average molecular weight is 363 g/mol. The quantitative estimate of drug-likeness (QED) is 0.465. The van der Waals surface area contributed by atoms with Crippen molar-refractivity contribution in [3.8, 4) is 5.75 Å². The number of rotatable bonds is 4. The number of aryl methyl sites for hydroxylation is 1. The number of carbonyl (C=O) groups is 2. The molecule has 0 aliphatic rings. The van der Waals surface area contributed by atoms with Gasteiger partial charge in [0.25, 0.3) is 0 Å². The molecule has 5 heteroatoms. The second-order valence-corrected chi connectivity index (χ2v) is 5.79. The molecule has 114 valence electrons. The van der Waals surface area contributed by atoms with Crippen molar-refractivity contribution < 1.29 is 19.4 Å². The smallest absolute Gasteiger partial charge is 0.289 e. The van der Waals surface area contributed by atoms with E-state index < -0.39 is 5.97 Å². The molecule has 4 nitrogen and oxygen atoms in total. The van der Waals surface area contributed by atoms with Gasteiger partial charge < -0.3 is 0 Å². The number of halogens is 1. The molecule has 0 aromatic heterocycles. The molecule has 0 spiro atoms. The molecular weight excluding hydrogens is 348 g/mol. The summed E-state index contributed by atoms with van der Waals surface area (Å²) in [6.45, 7) is 4.83. The van der Waals surface area contributed by atoms with E-state index in [-0.39, 0.29) is 5.78 Å². The van der Waals surface area contributed by atoms with Crippen LogP contribution in [0.4, 0.5) is 0 Å². The first-order valence-corrected chi connectivity index (χ1v) is 7.45. The van der Waals surface area contributed by atoms with E-state index in [1.807, 2.05) is 19.1 Å². The van der Waals surface area contributed by atoms with Crippen LogP contribution in [0.1, 0.15) is 34.0 Å². The Morgan fingerprint density at radius 3 is 2.23 bits per heavy atom. The molecular formula is C17H15BrO4. The van der Waals surface area contributed by atoms with Gasteiger partial charge in [0, 0.05) is 28.1 Å². The molecule has 22 heavy (non-hydrogen) atoms. The fraction of sp³-hybridized carbons (Fsp3) is 0.176. The third-order valence-electron chi connectivity index (χ3n) is 3.20. The first kappa shape index (κ1) is 16.2. The van der Waals surface area contributed by atoms with Gasteiger partial charge in [-0.15, -0.1) is 0 Å². The number of ketones is 1. The van der Waals surface area contributed by atoms with Crippen molar-refractivity contribution in [1.82, 2.24) is 0 Å². The summed E-state index contributed by atoms with van der Waals surface area (Å²) in [5.74, 6) is -0.278. The molecule has 0 aliphatic carbocycles. The zero-order valence-corrected chi connectivity index (χ0v) is 14.1. The van der Waals surface area contributed by atoms with Gasteiger partial charge in [-0.05, 0) is 43.7 Å².